The zero-order valence-electron chi connectivity index (χ0n) is 14.9. The van der Waals surface area contributed by atoms with E-state index < -0.39 is 5.91 Å². The van der Waals surface area contributed by atoms with Gasteiger partial charge in [0.15, 0.2) is 5.69 Å². The number of nitrogens with two attached hydrogens (primary N) is 1. The Morgan fingerprint density at radius 3 is 2.93 bits per heavy atom. The monoisotopic (exact) mass is 406 g/mol. The second-order valence-corrected chi connectivity index (χ2v) is 6.49. The number of carbonyl (C=O) groups excluding carboxylic acids is 1. The Morgan fingerprint density at radius 2 is 2.25 bits per heavy atom. The van der Waals surface area contributed by atoms with Crippen LogP contribution in [0.15, 0.2) is 27.9 Å². The summed E-state index contributed by atoms with van der Waals surface area (Å²) in [5.41, 5.74) is 8.88. The molecule has 0 spiro atoms. The van der Waals surface area contributed by atoms with Crippen LogP contribution in [0.1, 0.15) is 21.7 Å². The number of anilines is 1. The Hall–Kier alpha value is -3.51. The quantitative estimate of drug-likeness (QED) is 0.299. The summed E-state index contributed by atoms with van der Waals surface area (Å²) in [6.07, 6.45) is 1.26. The first-order valence-corrected chi connectivity index (χ1v) is 8.38. The van der Waals surface area contributed by atoms with Crippen LogP contribution in [-0.4, -0.2) is 56.6 Å². The topological polar surface area (TPSA) is 162 Å². The van der Waals surface area contributed by atoms with Gasteiger partial charge >= 0.3 is 0 Å². The molecule has 0 saturated heterocycles. The van der Waals surface area contributed by atoms with E-state index in [1.54, 1.807) is 0 Å². The van der Waals surface area contributed by atoms with E-state index in [0.29, 0.717) is 22.8 Å². The molecule has 1 amide bonds. The van der Waals surface area contributed by atoms with Gasteiger partial charge in [-0.1, -0.05) is 16.8 Å². The smallest absolute Gasteiger partial charge is 0.294 e. The number of nitrogens with one attached hydrogen (secondary N) is 2. The fourth-order valence-electron chi connectivity index (χ4n) is 2.32. The van der Waals surface area contributed by atoms with E-state index in [2.05, 4.69) is 35.8 Å². The van der Waals surface area contributed by atoms with Crippen molar-refractivity contribution in [1.82, 2.24) is 30.7 Å². The van der Waals surface area contributed by atoms with Crippen LogP contribution in [0.2, 0.25) is 5.02 Å². The minimum Gasteiger partial charge on any atom is -0.507 e. The second kappa shape index (κ2) is 8.02. The summed E-state index contributed by atoms with van der Waals surface area (Å²) in [5.74, 6) is -0.481. The van der Waals surface area contributed by atoms with E-state index in [0.717, 1.165) is 4.90 Å². The standard InChI is InChI=1S/C15H16ClN9O3/c1-24(2)7-10-12(19-23-25(10)14-13(17)21-28-22-14)15(27)20-18-6-8-5-9(16)3-4-11(8)26/h3-6,26H,7H2,1-2H3,(H2,17,21)(H,20,27)/p+1/b18-6+. The SMILES string of the molecule is C[NH+](C)Cc1c(C(=O)N/N=C/c2cc(Cl)ccc2O)nnn1-c1nonc1N. The second-order valence-electron chi connectivity index (χ2n) is 6.06. The van der Waals surface area contributed by atoms with Crippen molar-refractivity contribution >= 4 is 29.5 Å². The number of nitrogen functional groups attached to an aromatic ring is 1. The van der Waals surface area contributed by atoms with Crippen LogP contribution in [-0.2, 0) is 6.54 Å². The minimum absolute atomic E-state index is 0.0151. The predicted molar refractivity (Wildman–Crippen MR) is 98.3 cm³/mol. The molecule has 0 aliphatic carbocycles. The lowest BCUT2D eigenvalue weighted by Crippen LogP contribution is -3.04. The number of amides is 1. The number of hydrogen-bond donors (Lipinski definition) is 4. The number of benzene rings is 1. The van der Waals surface area contributed by atoms with Crippen molar-refractivity contribution in [1.29, 1.82) is 0 Å². The van der Waals surface area contributed by atoms with Gasteiger partial charge in [0.25, 0.3) is 5.91 Å². The molecule has 28 heavy (non-hydrogen) atoms. The highest BCUT2D eigenvalue weighted by atomic mass is 35.5. The number of phenolic OH excluding ortho intramolecular Hbond substituents is 1. The molecule has 5 N–H and O–H groups in total. The lowest BCUT2D eigenvalue weighted by atomic mass is 10.2. The third-order valence-electron chi connectivity index (χ3n) is 3.55. The maximum atomic E-state index is 12.5. The number of aromatic hydroxyl groups is 1. The summed E-state index contributed by atoms with van der Waals surface area (Å²) >= 11 is 5.88. The van der Waals surface area contributed by atoms with Crippen molar-refractivity contribution in [2.24, 2.45) is 5.10 Å². The highest BCUT2D eigenvalue weighted by Gasteiger charge is 2.25. The van der Waals surface area contributed by atoms with Crippen LogP contribution < -0.4 is 16.1 Å². The van der Waals surface area contributed by atoms with Gasteiger partial charge in [-0.05, 0) is 28.5 Å². The van der Waals surface area contributed by atoms with Crippen LogP contribution in [0.25, 0.3) is 5.82 Å². The van der Waals surface area contributed by atoms with Crippen molar-refractivity contribution < 1.29 is 19.4 Å². The molecule has 146 valence electrons. The number of nitrogens with zero attached hydrogens (tertiary/aromatic N) is 6. The average molecular weight is 407 g/mol. The summed E-state index contributed by atoms with van der Waals surface area (Å²) in [5, 5.41) is 29.0. The van der Waals surface area contributed by atoms with Crippen molar-refractivity contribution in [3.63, 3.8) is 0 Å². The number of hydrazone groups is 1. The fraction of sp³-hybridized carbons (Fsp3) is 0.200. The molecule has 0 unspecified atom stereocenters. The van der Waals surface area contributed by atoms with Crippen molar-refractivity contribution in [2.75, 3.05) is 19.8 Å². The Balaban J connectivity index is 1.85. The molecular weight excluding hydrogens is 390 g/mol. The van der Waals surface area contributed by atoms with Gasteiger partial charge in [-0.2, -0.15) is 9.78 Å². The zero-order chi connectivity index (χ0) is 20.3. The van der Waals surface area contributed by atoms with E-state index in [9.17, 15) is 9.90 Å². The van der Waals surface area contributed by atoms with Crippen LogP contribution >= 0.6 is 11.6 Å². The van der Waals surface area contributed by atoms with E-state index in [4.69, 9.17) is 17.3 Å². The molecule has 3 rings (SSSR count). The van der Waals surface area contributed by atoms with Gasteiger partial charge in [0.1, 0.15) is 18.0 Å². The average Bonchev–Trinajstić information content (AvgIpc) is 3.23. The summed E-state index contributed by atoms with van der Waals surface area (Å²) in [6.45, 7) is 0.390. The first kappa shape index (κ1) is 19.3. The van der Waals surface area contributed by atoms with Crippen LogP contribution in [0, 0.1) is 0 Å². The molecule has 0 saturated carbocycles. The lowest BCUT2D eigenvalue weighted by molar-refractivity contribution is -0.873. The van der Waals surface area contributed by atoms with Crippen molar-refractivity contribution in [3.8, 4) is 11.6 Å². The van der Waals surface area contributed by atoms with Gasteiger partial charge in [0.05, 0.1) is 20.3 Å². The number of carbonyl (C=O) groups is 1. The molecule has 0 fully saturated rings. The molecular formula is C15H17ClN9O3+. The Kier molecular flexibility index (Phi) is 5.52. The first-order chi connectivity index (χ1) is 13.4. The van der Waals surface area contributed by atoms with Gasteiger partial charge in [-0.3, -0.25) is 4.79 Å². The van der Waals surface area contributed by atoms with Gasteiger partial charge in [0, 0.05) is 10.6 Å². The van der Waals surface area contributed by atoms with Gasteiger partial charge in [-0.25, -0.2) is 10.1 Å². The van der Waals surface area contributed by atoms with Gasteiger partial charge in [0.2, 0.25) is 11.6 Å². The van der Waals surface area contributed by atoms with E-state index in [1.807, 2.05) is 14.1 Å². The zero-order valence-corrected chi connectivity index (χ0v) is 15.7. The van der Waals surface area contributed by atoms with Gasteiger partial charge < -0.3 is 15.7 Å². The largest absolute Gasteiger partial charge is 0.507 e. The third-order valence-corrected chi connectivity index (χ3v) is 3.79. The van der Waals surface area contributed by atoms with Gasteiger partial charge in [-0.15, -0.1) is 5.10 Å². The van der Waals surface area contributed by atoms with E-state index in [1.165, 1.54) is 29.1 Å². The summed E-state index contributed by atoms with van der Waals surface area (Å²) in [6, 6.07) is 4.46. The lowest BCUT2D eigenvalue weighted by Gasteiger charge is -2.08. The van der Waals surface area contributed by atoms with Crippen molar-refractivity contribution in [3.05, 3.63) is 40.2 Å². The van der Waals surface area contributed by atoms with E-state index >= 15 is 0 Å². The molecule has 3 aromatic rings. The normalized spacial score (nSPS) is 11.4. The molecule has 13 heteroatoms. The molecule has 0 aliphatic rings. The number of rotatable bonds is 6. The molecule has 1 aromatic carbocycles. The highest BCUT2D eigenvalue weighted by Crippen LogP contribution is 2.19. The first-order valence-electron chi connectivity index (χ1n) is 8.00. The maximum absolute atomic E-state index is 12.5. The number of hydrogen-bond acceptors (Lipinski definition) is 9. The van der Waals surface area contributed by atoms with Crippen molar-refractivity contribution in [2.45, 2.75) is 6.54 Å². The third kappa shape index (κ3) is 4.07. The minimum atomic E-state index is -0.602. The number of phenols is 1. The molecule has 2 aromatic heterocycles. The molecule has 0 bridgehead atoms. The number of quaternary nitrogens is 1. The van der Waals surface area contributed by atoms with E-state index in [-0.39, 0.29) is 23.1 Å². The molecule has 0 atom stereocenters. The molecule has 0 aliphatic heterocycles. The Labute approximate surface area is 163 Å². The highest BCUT2D eigenvalue weighted by molar-refractivity contribution is 6.30. The summed E-state index contributed by atoms with van der Waals surface area (Å²) in [7, 11) is 3.78. The molecule has 12 nitrogen and oxygen atoms in total. The van der Waals surface area contributed by atoms with Crippen LogP contribution in [0.4, 0.5) is 5.82 Å². The summed E-state index contributed by atoms with van der Waals surface area (Å²) < 4.78 is 5.88. The van der Waals surface area contributed by atoms with Crippen LogP contribution in [0.3, 0.4) is 0 Å². The maximum Gasteiger partial charge on any atom is 0.294 e. The van der Waals surface area contributed by atoms with Crippen LogP contribution in [0.5, 0.6) is 5.75 Å². The molecule has 0 radical (unpaired) electrons. The number of halogens is 1. The fourth-order valence-corrected chi connectivity index (χ4v) is 2.50. The predicted octanol–water partition coefficient (Wildman–Crippen LogP) is -1.00. The Morgan fingerprint density at radius 1 is 1.46 bits per heavy atom. The number of aromatic nitrogens is 5. The molecule has 2 heterocycles. The summed E-state index contributed by atoms with van der Waals surface area (Å²) in [4.78, 5) is 13.5. The Bertz CT molecular complexity index is 1030.